The van der Waals surface area contributed by atoms with Gasteiger partial charge in [0.25, 0.3) is 0 Å². The molecule has 3 rings (SSSR count). The van der Waals surface area contributed by atoms with Crippen LogP contribution in [0.4, 0.5) is 5.69 Å². The third-order valence-corrected chi connectivity index (χ3v) is 3.73. The molecule has 1 aliphatic heterocycles. The highest BCUT2D eigenvalue weighted by molar-refractivity contribution is 5.95. The maximum atomic E-state index is 5.85. The van der Waals surface area contributed by atoms with Gasteiger partial charge >= 0.3 is 0 Å². The lowest BCUT2D eigenvalue weighted by Gasteiger charge is -2.31. The van der Waals surface area contributed by atoms with Crippen molar-refractivity contribution < 1.29 is 4.74 Å². The van der Waals surface area contributed by atoms with E-state index in [0.29, 0.717) is 0 Å². The van der Waals surface area contributed by atoms with Crippen LogP contribution in [0.3, 0.4) is 0 Å². The standard InChI is InChI=1S/C14H17N3O/c1-8-11-10(3)15-7-16-12(11)9(2)14-13(8)17(4)5-6-18-14/h7H,5-6H2,1-4H3. The average Bonchev–Trinajstić information content (AvgIpc) is 2.35. The summed E-state index contributed by atoms with van der Waals surface area (Å²) in [5.41, 5.74) is 5.55. The van der Waals surface area contributed by atoms with Gasteiger partial charge in [-0.1, -0.05) is 0 Å². The van der Waals surface area contributed by atoms with Gasteiger partial charge in [0.15, 0.2) is 0 Å². The summed E-state index contributed by atoms with van der Waals surface area (Å²) in [6, 6.07) is 0. The Morgan fingerprint density at radius 2 is 1.94 bits per heavy atom. The van der Waals surface area contributed by atoms with Crippen molar-refractivity contribution in [2.24, 2.45) is 0 Å². The minimum atomic E-state index is 0.735. The van der Waals surface area contributed by atoms with Crippen LogP contribution in [0, 0.1) is 20.8 Å². The molecular formula is C14H17N3O. The molecule has 0 saturated heterocycles. The Bertz CT molecular complexity index is 637. The SMILES string of the molecule is Cc1c2c(c(C)c3c(C)ncnc13)N(C)CCO2. The number of likely N-dealkylation sites (N-methyl/N-ethyl adjacent to an activating group) is 1. The molecule has 1 aromatic carbocycles. The van der Waals surface area contributed by atoms with E-state index in [1.807, 2.05) is 6.92 Å². The van der Waals surface area contributed by atoms with Gasteiger partial charge in [0.1, 0.15) is 18.7 Å². The van der Waals surface area contributed by atoms with Gasteiger partial charge in [0.05, 0.1) is 17.7 Å². The van der Waals surface area contributed by atoms with E-state index in [-0.39, 0.29) is 0 Å². The molecule has 1 aromatic heterocycles. The molecule has 18 heavy (non-hydrogen) atoms. The zero-order valence-corrected chi connectivity index (χ0v) is 11.2. The lowest BCUT2D eigenvalue weighted by molar-refractivity contribution is 0.309. The maximum Gasteiger partial charge on any atom is 0.148 e. The second kappa shape index (κ2) is 3.83. The second-order valence-electron chi connectivity index (χ2n) is 4.88. The fourth-order valence-corrected chi connectivity index (χ4v) is 2.81. The van der Waals surface area contributed by atoms with Crippen LogP contribution in [0.25, 0.3) is 10.9 Å². The topological polar surface area (TPSA) is 38.2 Å². The summed E-state index contributed by atoms with van der Waals surface area (Å²) in [5, 5.41) is 1.16. The normalized spacial score (nSPS) is 14.6. The Morgan fingerprint density at radius 1 is 1.17 bits per heavy atom. The molecule has 2 heterocycles. The molecule has 0 fully saturated rings. The number of hydrogen-bond donors (Lipinski definition) is 0. The fraction of sp³-hybridized carbons (Fsp3) is 0.429. The lowest BCUT2D eigenvalue weighted by Crippen LogP contribution is -2.30. The zero-order valence-electron chi connectivity index (χ0n) is 11.2. The van der Waals surface area contributed by atoms with Crippen LogP contribution in [-0.4, -0.2) is 30.2 Å². The predicted octanol–water partition coefficient (Wildman–Crippen LogP) is 2.38. The van der Waals surface area contributed by atoms with Crippen molar-refractivity contribution in [1.82, 2.24) is 9.97 Å². The van der Waals surface area contributed by atoms with E-state index in [1.54, 1.807) is 6.33 Å². The molecule has 0 aliphatic carbocycles. The molecule has 0 N–H and O–H groups in total. The smallest absolute Gasteiger partial charge is 0.148 e. The van der Waals surface area contributed by atoms with Crippen molar-refractivity contribution in [3.63, 3.8) is 0 Å². The minimum Gasteiger partial charge on any atom is -0.489 e. The Hall–Kier alpha value is -1.84. The van der Waals surface area contributed by atoms with Crippen LogP contribution < -0.4 is 9.64 Å². The van der Waals surface area contributed by atoms with Gasteiger partial charge in [0, 0.05) is 23.7 Å². The zero-order chi connectivity index (χ0) is 12.9. The Labute approximate surface area is 107 Å². The predicted molar refractivity (Wildman–Crippen MR) is 72.5 cm³/mol. The van der Waals surface area contributed by atoms with Crippen LogP contribution >= 0.6 is 0 Å². The third-order valence-electron chi connectivity index (χ3n) is 3.73. The molecule has 94 valence electrons. The van der Waals surface area contributed by atoms with Gasteiger partial charge in [-0.05, 0) is 26.3 Å². The van der Waals surface area contributed by atoms with E-state index < -0.39 is 0 Å². The first kappa shape index (κ1) is 11.3. The summed E-state index contributed by atoms with van der Waals surface area (Å²) in [4.78, 5) is 11.0. The van der Waals surface area contributed by atoms with E-state index in [0.717, 1.165) is 41.1 Å². The monoisotopic (exact) mass is 243 g/mol. The van der Waals surface area contributed by atoms with E-state index >= 15 is 0 Å². The van der Waals surface area contributed by atoms with E-state index in [1.165, 1.54) is 11.3 Å². The number of aryl methyl sites for hydroxylation is 3. The maximum absolute atomic E-state index is 5.85. The van der Waals surface area contributed by atoms with Gasteiger partial charge < -0.3 is 9.64 Å². The van der Waals surface area contributed by atoms with Crippen molar-refractivity contribution in [3.8, 4) is 5.75 Å². The van der Waals surface area contributed by atoms with Crippen molar-refractivity contribution >= 4 is 16.6 Å². The largest absolute Gasteiger partial charge is 0.489 e. The van der Waals surface area contributed by atoms with Crippen molar-refractivity contribution in [3.05, 3.63) is 23.1 Å². The molecule has 0 radical (unpaired) electrons. The molecule has 0 spiro atoms. The number of aromatic nitrogens is 2. The van der Waals surface area contributed by atoms with Crippen LogP contribution in [-0.2, 0) is 0 Å². The first-order chi connectivity index (χ1) is 8.61. The summed E-state index contributed by atoms with van der Waals surface area (Å²) >= 11 is 0. The summed E-state index contributed by atoms with van der Waals surface area (Å²) in [7, 11) is 2.11. The molecule has 1 aliphatic rings. The van der Waals surface area contributed by atoms with Gasteiger partial charge in [-0.3, -0.25) is 0 Å². The number of hydrogen-bond acceptors (Lipinski definition) is 4. The summed E-state index contributed by atoms with van der Waals surface area (Å²) in [6.07, 6.45) is 1.63. The fourth-order valence-electron chi connectivity index (χ4n) is 2.81. The van der Waals surface area contributed by atoms with Crippen molar-refractivity contribution in [2.75, 3.05) is 25.1 Å². The van der Waals surface area contributed by atoms with Crippen LogP contribution in [0.15, 0.2) is 6.33 Å². The lowest BCUT2D eigenvalue weighted by atomic mass is 9.99. The van der Waals surface area contributed by atoms with E-state index in [9.17, 15) is 0 Å². The molecule has 0 unspecified atom stereocenters. The number of rotatable bonds is 0. The highest BCUT2D eigenvalue weighted by Crippen LogP contribution is 2.42. The second-order valence-corrected chi connectivity index (χ2v) is 4.88. The summed E-state index contributed by atoms with van der Waals surface area (Å²) in [5.74, 6) is 0.979. The minimum absolute atomic E-state index is 0.735. The van der Waals surface area contributed by atoms with Crippen molar-refractivity contribution in [1.29, 1.82) is 0 Å². The molecule has 0 bridgehead atoms. The van der Waals surface area contributed by atoms with Gasteiger partial charge in [-0.25, -0.2) is 9.97 Å². The van der Waals surface area contributed by atoms with Gasteiger partial charge in [-0.15, -0.1) is 0 Å². The number of fused-ring (bicyclic) bond motifs is 2. The van der Waals surface area contributed by atoms with E-state index in [2.05, 4.69) is 35.8 Å². The summed E-state index contributed by atoms with van der Waals surface area (Å²) < 4.78 is 5.85. The Balaban J connectivity index is 2.48. The highest BCUT2D eigenvalue weighted by Gasteiger charge is 2.23. The van der Waals surface area contributed by atoms with E-state index in [4.69, 9.17) is 4.74 Å². The van der Waals surface area contributed by atoms with Crippen LogP contribution in [0.1, 0.15) is 16.8 Å². The molecule has 4 heteroatoms. The molecule has 0 atom stereocenters. The third kappa shape index (κ3) is 1.38. The summed E-state index contributed by atoms with van der Waals surface area (Å²) in [6.45, 7) is 7.89. The van der Waals surface area contributed by atoms with Crippen LogP contribution in [0.5, 0.6) is 5.75 Å². The first-order valence-electron chi connectivity index (χ1n) is 6.19. The average molecular weight is 243 g/mol. The van der Waals surface area contributed by atoms with Crippen LogP contribution in [0.2, 0.25) is 0 Å². The molecular weight excluding hydrogens is 226 g/mol. The molecule has 0 saturated carbocycles. The Morgan fingerprint density at radius 3 is 2.72 bits per heavy atom. The number of nitrogens with zero attached hydrogens (tertiary/aromatic N) is 3. The molecule has 2 aromatic rings. The van der Waals surface area contributed by atoms with Gasteiger partial charge in [-0.2, -0.15) is 0 Å². The van der Waals surface area contributed by atoms with Gasteiger partial charge in [0.2, 0.25) is 0 Å². The quantitative estimate of drug-likeness (QED) is 0.712. The highest BCUT2D eigenvalue weighted by atomic mass is 16.5. The molecule has 0 amide bonds. The molecule has 4 nitrogen and oxygen atoms in total. The number of ether oxygens (including phenoxy) is 1. The number of anilines is 1. The van der Waals surface area contributed by atoms with Crippen molar-refractivity contribution in [2.45, 2.75) is 20.8 Å². The Kier molecular flexibility index (Phi) is 2.40. The first-order valence-corrected chi connectivity index (χ1v) is 6.19. The number of benzene rings is 1.